The Hall–Kier alpha value is -1.26. The largest absolute Gasteiger partial charge is 0.467 e. The molecule has 0 spiro atoms. The molecule has 1 aliphatic heterocycles. The molecule has 0 aliphatic carbocycles. The van der Waals surface area contributed by atoms with E-state index in [1.165, 1.54) is 12.0 Å². The van der Waals surface area contributed by atoms with Crippen LogP contribution in [0.5, 0.6) is 0 Å². The summed E-state index contributed by atoms with van der Waals surface area (Å²) in [4.78, 5) is 24.9. The van der Waals surface area contributed by atoms with Gasteiger partial charge in [-0.05, 0) is 25.2 Å². The van der Waals surface area contributed by atoms with Gasteiger partial charge < -0.3 is 9.47 Å². The highest BCUT2D eigenvalue weighted by Gasteiger charge is 2.33. The monoisotopic (exact) mass is 243 g/mol. The van der Waals surface area contributed by atoms with Gasteiger partial charge >= 0.3 is 12.1 Å². The van der Waals surface area contributed by atoms with Crippen molar-refractivity contribution in [3.8, 4) is 0 Å². The van der Waals surface area contributed by atoms with Crippen molar-refractivity contribution < 1.29 is 19.1 Å². The van der Waals surface area contributed by atoms with Gasteiger partial charge in [-0.15, -0.1) is 0 Å². The van der Waals surface area contributed by atoms with Crippen LogP contribution in [-0.4, -0.2) is 43.3 Å². The molecule has 0 saturated carbocycles. The summed E-state index contributed by atoms with van der Waals surface area (Å²) in [6.07, 6.45) is 2.09. The fourth-order valence-corrected chi connectivity index (χ4v) is 1.85. The number of nitrogens with zero attached hydrogens (tertiary/aromatic N) is 1. The Kier molecular flexibility index (Phi) is 5.25. The predicted octanol–water partition coefficient (Wildman–Crippen LogP) is 1.81. The van der Waals surface area contributed by atoms with E-state index < -0.39 is 12.1 Å². The first-order chi connectivity index (χ1) is 8.06. The zero-order valence-corrected chi connectivity index (χ0v) is 10.8. The molecule has 0 unspecified atom stereocenters. The number of piperidine rings is 1. The Labute approximate surface area is 102 Å². The minimum absolute atomic E-state index is 0.292. The Bertz CT molecular complexity index is 278. The maximum atomic E-state index is 11.8. The molecule has 1 heterocycles. The van der Waals surface area contributed by atoms with E-state index in [1.807, 2.05) is 13.8 Å². The summed E-state index contributed by atoms with van der Waals surface area (Å²) < 4.78 is 9.85. The van der Waals surface area contributed by atoms with E-state index in [2.05, 4.69) is 0 Å². The fraction of sp³-hybridized carbons (Fsp3) is 0.833. The lowest BCUT2D eigenvalue weighted by atomic mass is 10.0. The lowest BCUT2D eigenvalue weighted by Crippen LogP contribution is -2.48. The molecule has 0 N–H and O–H groups in total. The first kappa shape index (κ1) is 13.8. The third-order valence-electron chi connectivity index (χ3n) is 2.75. The Morgan fingerprint density at radius 1 is 1.35 bits per heavy atom. The molecule has 1 saturated heterocycles. The number of methoxy groups -OCH3 is 1. The quantitative estimate of drug-likeness (QED) is 0.709. The van der Waals surface area contributed by atoms with Crippen molar-refractivity contribution in [3.63, 3.8) is 0 Å². The molecule has 98 valence electrons. The summed E-state index contributed by atoms with van der Waals surface area (Å²) >= 11 is 0. The SMILES string of the molecule is COC(=O)[C@H]1CCCCN1C(=O)OCC(C)C. The van der Waals surface area contributed by atoms with Gasteiger partial charge in [0.2, 0.25) is 0 Å². The van der Waals surface area contributed by atoms with E-state index in [9.17, 15) is 9.59 Å². The summed E-state index contributed by atoms with van der Waals surface area (Å²) in [5.41, 5.74) is 0. The summed E-state index contributed by atoms with van der Waals surface area (Å²) in [5, 5.41) is 0. The number of carbonyl (C=O) groups excluding carboxylic acids is 2. The molecule has 1 rings (SSSR count). The van der Waals surface area contributed by atoms with Crippen LogP contribution in [0, 0.1) is 5.92 Å². The smallest absolute Gasteiger partial charge is 0.410 e. The van der Waals surface area contributed by atoms with Gasteiger partial charge in [-0.1, -0.05) is 13.8 Å². The molecule has 1 atom stereocenters. The second-order valence-corrected chi connectivity index (χ2v) is 4.70. The minimum atomic E-state index is -0.478. The van der Waals surface area contributed by atoms with Crippen LogP contribution in [-0.2, 0) is 14.3 Å². The van der Waals surface area contributed by atoms with Gasteiger partial charge in [0.1, 0.15) is 6.04 Å². The average molecular weight is 243 g/mol. The Balaban J connectivity index is 2.58. The van der Waals surface area contributed by atoms with Gasteiger partial charge in [0.25, 0.3) is 0 Å². The molecule has 5 heteroatoms. The van der Waals surface area contributed by atoms with Crippen LogP contribution < -0.4 is 0 Å². The van der Waals surface area contributed by atoms with Crippen molar-refractivity contribution in [2.24, 2.45) is 5.92 Å². The van der Waals surface area contributed by atoms with Gasteiger partial charge in [-0.3, -0.25) is 4.90 Å². The van der Waals surface area contributed by atoms with E-state index in [0.717, 1.165) is 12.8 Å². The summed E-state index contributed by atoms with van der Waals surface area (Å²) in [5.74, 6) is -0.0634. The number of amides is 1. The van der Waals surface area contributed by atoms with E-state index in [4.69, 9.17) is 9.47 Å². The Morgan fingerprint density at radius 2 is 2.06 bits per heavy atom. The maximum Gasteiger partial charge on any atom is 0.410 e. The van der Waals surface area contributed by atoms with E-state index in [0.29, 0.717) is 25.5 Å². The highest BCUT2D eigenvalue weighted by atomic mass is 16.6. The molecule has 0 bridgehead atoms. The third kappa shape index (κ3) is 3.91. The van der Waals surface area contributed by atoms with Crippen molar-refractivity contribution in [1.82, 2.24) is 4.90 Å². The van der Waals surface area contributed by atoms with Crippen molar-refractivity contribution in [1.29, 1.82) is 0 Å². The predicted molar refractivity (Wildman–Crippen MR) is 62.5 cm³/mol. The summed E-state index contributed by atoms with van der Waals surface area (Å²) in [6.45, 7) is 4.89. The van der Waals surface area contributed by atoms with Crippen molar-refractivity contribution >= 4 is 12.1 Å². The number of carbonyl (C=O) groups is 2. The van der Waals surface area contributed by atoms with E-state index in [1.54, 1.807) is 0 Å². The zero-order valence-electron chi connectivity index (χ0n) is 10.8. The molecule has 1 aliphatic rings. The molecule has 0 radical (unpaired) electrons. The van der Waals surface area contributed by atoms with Crippen molar-refractivity contribution in [3.05, 3.63) is 0 Å². The molecule has 0 aromatic rings. The molecular formula is C12H21NO4. The highest BCUT2D eigenvalue weighted by Crippen LogP contribution is 2.19. The summed E-state index contributed by atoms with van der Waals surface area (Å²) in [7, 11) is 1.34. The van der Waals surface area contributed by atoms with E-state index >= 15 is 0 Å². The zero-order chi connectivity index (χ0) is 12.8. The second kappa shape index (κ2) is 6.47. The minimum Gasteiger partial charge on any atom is -0.467 e. The van der Waals surface area contributed by atoms with Gasteiger partial charge in [-0.25, -0.2) is 9.59 Å². The van der Waals surface area contributed by atoms with E-state index in [-0.39, 0.29) is 5.97 Å². The number of esters is 1. The average Bonchev–Trinajstić information content (AvgIpc) is 2.34. The van der Waals surface area contributed by atoms with Crippen LogP contribution >= 0.6 is 0 Å². The number of likely N-dealkylation sites (tertiary alicyclic amines) is 1. The topological polar surface area (TPSA) is 55.8 Å². The molecular weight excluding hydrogens is 222 g/mol. The van der Waals surface area contributed by atoms with Gasteiger partial charge in [0.05, 0.1) is 13.7 Å². The Morgan fingerprint density at radius 3 is 2.65 bits per heavy atom. The lowest BCUT2D eigenvalue weighted by molar-refractivity contribution is -0.147. The standard InChI is InChI=1S/C12H21NO4/c1-9(2)8-17-12(15)13-7-5-4-6-10(13)11(14)16-3/h9-10H,4-8H2,1-3H3/t10-/m1/s1. The number of rotatable bonds is 3. The number of hydrogen-bond donors (Lipinski definition) is 0. The molecule has 5 nitrogen and oxygen atoms in total. The van der Waals surface area contributed by atoms with Crippen LogP contribution in [0.3, 0.4) is 0 Å². The molecule has 17 heavy (non-hydrogen) atoms. The van der Waals surface area contributed by atoms with Gasteiger partial charge in [0.15, 0.2) is 0 Å². The van der Waals surface area contributed by atoms with Crippen LogP contribution in [0.4, 0.5) is 4.79 Å². The fourth-order valence-electron chi connectivity index (χ4n) is 1.85. The van der Waals surface area contributed by atoms with Crippen LogP contribution in [0.1, 0.15) is 33.1 Å². The summed E-state index contributed by atoms with van der Waals surface area (Å²) in [6, 6.07) is -0.478. The number of ether oxygens (including phenoxy) is 2. The van der Waals surface area contributed by atoms with Gasteiger partial charge in [0, 0.05) is 6.54 Å². The van der Waals surface area contributed by atoms with Gasteiger partial charge in [-0.2, -0.15) is 0 Å². The highest BCUT2D eigenvalue weighted by molar-refractivity contribution is 5.81. The van der Waals surface area contributed by atoms with Crippen LogP contribution in [0.15, 0.2) is 0 Å². The maximum absolute atomic E-state index is 11.8. The molecule has 1 amide bonds. The number of hydrogen-bond acceptors (Lipinski definition) is 4. The first-order valence-electron chi connectivity index (χ1n) is 6.07. The van der Waals surface area contributed by atoms with Crippen molar-refractivity contribution in [2.45, 2.75) is 39.2 Å². The van der Waals surface area contributed by atoms with Crippen LogP contribution in [0.25, 0.3) is 0 Å². The molecule has 1 fully saturated rings. The first-order valence-corrected chi connectivity index (χ1v) is 6.07. The second-order valence-electron chi connectivity index (χ2n) is 4.70. The normalized spacial score (nSPS) is 20.2. The van der Waals surface area contributed by atoms with Crippen LogP contribution in [0.2, 0.25) is 0 Å². The third-order valence-corrected chi connectivity index (χ3v) is 2.75. The molecule has 0 aromatic carbocycles. The lowest BCUT2D eigenvalue weighted by Gasteiger charge is -2.32. The molecule has 0 aromatic heterocycles. The van der Waals surface area contributed by atoms with Crippen molar-refractivity contribution in [2.75, 3.05) is 20.3 Å².